The van der Waals surface area contributed by atoms with E-state index < -0.39 is 16.1 Å². The van der Waals surface area contributed by atoms with Crippen molar-refractivity contribution in [1.82, 2.24) is 0 Å². The Morgan fingerprint density at radius 1 is 0.320 bits per heavy atom. The van der Waals surface area contributed by atoms with Crippen molar-refractivity contribution in [3.63, 3.8) is 0 Å². The number of aryl methyl sites for hydroxylation is 2. The molecule has 0 amide bonds. The molecule has 125 heavy (non-hydrogen) atoms. The fourth-order valence-corrected chi connectivity index (χ4v) is 19.5. The van der Waals surface area contributed by atoms with E-state index in [4.69, 9.17) is 8.83 Å². The molecule has 2 aliphatic heterocycles. The lowest BCUT2D eigenvalue weighted by Gasteiger charge is -2.43. The van der Waals surface area contributed by atoms with E-state index in [2.05, 4.69) is 544 Å². The van der Waals surface area contributed by atoms with Gasteiger partial charge in [0.15, 0.2) is 0 Å². The number of furan rings is 2. The number of nitrogens with zero attached hydrogens (tertiary/aromatic N) is 4. The summed E-state index contributed by atoms with van der Waals surface area (Å²) in [5, 5.41) is 2.88. The molecule has 2 aromatic heterocycles. The normalized spacial score (nSPS) is 13.0. The van der Waals surface area contributed by atoms with Crippen molar-refractivity contribution in [3.05, 3.63) is 330 Å². The van der Waals surface area contributed by atoms with Gasteiger partial charge in [0.2, 0.25) is 0 Å². The highest BCUT2D eigenvalue weighted by atomic mass is 127. The SMILES string of the molecule is Cc1cc(N(c2ccc([Si](C)(C)C)cc2)c2coc(-c3ccc(C(C)(C)C)cc3)c2)cc(N(c2cccc(C(C)(C)C)c2)c2ccc(C(C)(C)C)cc2-c2ccccc2)c1.Cc1cc2c3c(c1)N(c1ccc(C(C)(C)C)cc1-c1ccccc1)c1cc(C(C)(C)C)ccc1B3c1oc(-c3ccc(C(C)(C)C)cc3)cc1N2c1ccc([Si](C)(C)C)cc1.IB(I)I. The number of fused-ring (bicyclic) bond motifs is 4. The molecule has 0 atom stereocenters. The van der Waals surface area contributed by atoms with Crippen molar-refractivity contribution in [1.29, 1.82) is 0 Å². The first-order chi connectivity index (χ1) is 58.6. The molecule has 0 N–H and O–H groups in total. The molecular weight excluding hydrogens is 1890 g/mol. The first kappa shape index (κ1) is 92.3. The Hall–Kier alpha value is -8.85. The Balaban J connectivity index is 0.000000195. The maximum atomic E-state index is 7.32. The number of hydrogen-bond donors (Lipinski definition) is 0. The average Bonchev–Trinajstić information content (AvgIpc) is 1.69. The molecule has 0 aliphatic carbocycles. The smallest absolute Gasteiger partial charge is 0.355 e. The van der Waals surface area contributed by atoms with Crippen LogP contribution < -0.4 is 46.6 Å². The minimum absolute atomic E-state index is 0.0130. The van der Waals surface area contributed by atoms with Crippen LogP contribution in [0.15, 0.2) is 294 Å². The van der Waals surface area contributed by atoms with Crippen LogP contribution in [-0.2, 0) is 32.5 Å². The molecule has 0 saturated heterocycles. The third-order valence-electron chi connectivity index (χ3n) is 24.6. The molecule has 0 fully saturated rings. The van der Waals surface area contributed by atoms with Gasteiger partial charge in [-0.05, 0) is 210 Å². The molecule has 13 heteroatoms. The lowest BCUT2D eigenvalue weighted by Crippen LogP contribution is -2.61. The molecule has 4 heterocycles. The predicted octanol–water partition coefficient (Wildman–Crippen LogP) is 32.0. The van der Waals surface area contributed by atoms with E-state index in [1.165, 1.54) is 105 Å². The van der Waals surface area contributed by atoms with Crippen molar-refractivity contribution in [3.8, 4) is 44.9 Å². The summed E-state index contributed by atoms with van der Waals surface area (Å²) >= 11 is 6.95. The van der Waals surface area contributed by atoms with Gasteiger partial charge >= 0.3 is 0.282 Å². The standard InChI is InChI=1S/C56H61BN2OSi.C56H64N2OSi.BI3/c1-36-31-48-52-49(32-36)59(46-30-24-40(55(5,6)7)33-44(46)37-17-15-14-16-18-37)47-34-41(56(8,9)10)23-29-45(47)57(52)53-50(58(48)42-25-27-43(28-26-42)61(11,12)13)35-51(60-53)38-19-21-39(22-20-38)54(2,3)4;1-39-32-47(57(45-27-29-50(30-28-45)60(11,12)13)49-37-53(59-38-49)41-22-24-42(25-23-41)54(2,3)4)36-48(33-39)58(46-21-17-20-43(34-46)55(5,6)7)52-31-26-44(56(8,9)10)35-51(52)40-18-15-14-16-19-40;2-1(3)4/h14-35H,1-13H3;14-38H,1-13H3;. The number of rotatable bonds is 14. The maximum Gasteiger partial charge on any atom is 0.355 e. The second-order valence-corrected chi connectivity index (χ2v) is 63.6. The maximum absolute atomic E-state index is 7.32. The Labute approximate surface area is 791 Å². The molecule has 0 radical (unpaired) electrons. The van der Waals surface area contributed by atoms with Gasteiger partial charge < -0.3 is 28.4 Å². The number of hydrogen-bond acceptors (Lipinski definition) is 6. The summed E-state index contributed by atoms with van der Waals surface area (Å²) < 4.78 is 14.5. The summed E-state index contributed by atoms with van der Waals surface area (Å²) in [5.41, 5.74) is 34.2. The molecule has 12 aromatic carbocycles. The number of halogens is 3. The topological polar surface area (TPSA) is 39.2 Å². The van der Waals surface area contributed by atoms with Crippen molar-refractivity contribution in [2.45, 2.75) is 210 Å². The highest BCUT2D eigenvalue weighted by Crippen LogP contribution is 2.52. The van der Waals surface area contributed by atoms with Gasteiger partial charge in [-0.3, -0.25) is 0 Å². The van der Waals surface area contributed by atoms with E-state index >= 15 is 0 Å². The molecule has 0 unspecified atom stereocenters. The molecule has 0 saturated carbocycles. The van der Waals surface area contributed by atoms with Crippen LogP contribution in [0.25, 0.3) is 44.9 Å². The van der Waals surface area contributed by atoms with Gasteiger partial charge in [-0.1, -0.05) is 344 Å². The van der Waals surface area contributed by atoms with E-state index in [0.717, 1.165) is 79.7 Å². The minimum Gasteiger partial charge on any atom is -0.468 e. The highest BCUT2D eigenvalue weighted by molar-refractivity contribution is 14.4. The van der Waals surface area contributed by atoms with Crippen LogP contribution in [0.5, 0.6) is 0 Å². The molecule has 14 aromatic rings. The lowest BCUT2D eigenvalue weighted by atomic mass is 9.35. The predicted molar refractivity (Wildman–Crippen MR) is 578 cm³/mol. The zero-order valence-corrected chi connectivity index (χ0v) is 87.0. The van der Waals surface area contributed by atoms with Crippen molar-refractivity contribution < 1.29 is 8.83 Å². The van der Waals surface area contributed by atoms with E-state index in [1.54, 1.807) is 0 Å². The molecule has 0 bridgehead atoms. The van der Waals surface area contributed by atoms with Gasteiger partial charge in [-0.25, -0.2) is 0 Å². The van der Waals surface area contributed by atoms with Crippen LogP contribution in [-0.4, -0.2) is 23.1 Å². The summed E-state index contributed by atoms with van der Waals surface area (Å²) in [6.45, 7) is 60.0. The summed E-state index contributed by atoms with van der Waals surface area (Å²) in [7, 11) is -3.06. The highest BCUT2D eigenvalue weighted by Gasteiger charge is 2.47. The monoisotopic (exact) mass is 2020 g/mol. The lowest BCUT2D eigenvalue weighted by molar-refractivity contribution is 0.580. The van der Waals surface area contributed by atoms with Crippen LogP contribution in [0.3, 0.4) is 0 Å². The molecule has 6 nitrogen and oxygen atoms in total. The van der Waals surface area contributed by atoms with E-state index in [1.807, 2.05) is 6.26 Å². The van der Waals surface area contributed by atoms with Gasteiger partial charge in [-0.15, -0.1) is 67.1 Å². The fourth-order valence-electron chi connectivity index (χ4n) is 17.2. The zero-order chi connectivity index (χ0) is 90.2. The molecule has 16 rings (SSSR count). The Morgan fingerprint density at radius 2 is 0.760 bits per heavy atom. The molecule has 0 spiro atoms. The second kappa shape index (κ2) is 35.7. The number of anilines is 12. The quantitative estimate of drug-likeness (QED) is 0.0798. The van der Waals surface area contributed by atoms with E-state index in [-0.39, 0.29) is 39.2 Å². The first-order valence-electron chi connectivity index (χ1n) is 44.3. The first-order valence-corrected chi connectivity index (χ1v) is 55.0. The Morgan fingerprint density at radius 3 is 1.28 bits per heavy atom. The zero-order valence-electron chi connectivity index (χ0n) is 78.5. The van der Waals surface area contributed by atoms with Gasteiger partial charge in [0.1, 0.15) is 17.8 Å². The number of benzene rings is 12. The van der Waals surface area contributed by atoms with Crippen LogP contribution in [0.2, 0.25) is 39.3 Å². The largest absolute Gasteiger partial charge is 0.468 e. The van der Waals surface area contributed by atoms with Gasteiger partial charge in [0, 0.05) is 79.9 Å². The summed E-state index contributed by atoms with van der Waals surface area (Å²) in [5.74, 6) is 1.73. The minimum atomic E-state index is -1.53. The van der Waals surface area contributed by atoms with Gasteiger partial charge in [0.25, 0.3) is 6.71 Å². The van der Waals surface area contributed by atoms with Crippen molar-refractivity contribution in [2.75, 3.05) is 19.6 Å². The molecular formula is C112H125B2I3N4O2Si2. The third-order valence-corrected chi connectivity index (χ3v) is 28.7. The van der Waals surface area contributed by atoms with Crippen LogP contribution >= 0.6 is 67.1 Å². The third kappa shape index (κ3) is 20.4. The molecule has 2 aliphatic rings. The summed E-state index contributed by atoms with van der Waals surface area (Å²) in [4.78, 5) is 9.88. The van der Waals surface area contributed by atoms with Crippen molar-refractivity contribution in [2.24, 2.45) is 0 Å². The Bertz CT molecular complexity index is 6200. The average molecular weight is 2020 g/mol. The van der Waals surface area contributed by atoms with Gasteiger partial charge in [-0.2, -0.15) is 0 Å². The van der Waals surface area contributed by atoms with Crippen LogP contribution in [0.4, 0.5) is 68.2 Å². The second-order valence-electron chi connectivity index (χ2n) is 42.6. The summed E-state index contributed by atoms with van der Waals surface area (Å²) in [6, 6.07) is 105. The van der Waals surface area contributed by atoms with E-state index in [0.29, 0.717) is 0 Å². The van der Waals surface area contributed by atoms with Gasteiger partial charge in [0.05, 0.1) is 44.6 Å². The van der Waals surface area contributed by atoms with Crippen molar-refractivity contribution >= 4 is 185 Å². The van der Waals surface area contributed by atoms with Crippen LogP contribution in [0, 0.1) is 13.8 Å². The van der Waals surface area contributed by atoms with E-state index in [9.17, 15) is 0 Å². The van der Waals surface area contributed by atoms with Crippen LogP contribution in [0.1, 0.15) is 169 Å². The summed E-state index contributed by atoms with van der Waals surface area (Å²) in [6.07, 6.45) is 1.91. The molecule has 640 valence electrons. The fraction of sp³-hybridized carbons (Fsp3) is 0.286. The Kier molecular flexibility index (Phi) is 26.3.